The van der Waals surface area contributed by atoms with Crippen molar-refractivity contribution >= 4 is 21.6 Å². The third kappa shape index (κ3) is 5.78. The summed E-state index contributed by atoms with van der Waals surface area (Å²) in [6.45, 7) is 1.07. The second-order valence-electron chi connectivity index (χ2n) is 4.93. The number of thioether (sulfide) groups is 1. The zero-order valence-corrected chi connectivity index (χ0v) is 11.5. The fourth-order valence-corrected chi connectivity index (χ4v) is 4.69. The van der Waals surface area contributed by atoms with Crippen LogP contribution in [-0.4, -0.2) is 57.5 Å². The Bertz CT molecular complexity index is 295. The van der Waals surface area contributed by atoms with Crippen LogP contribution in [0.15, 0.2) is 0 Å². The Morgan fingerprint density at radius 2 is 1.93 bits per heavy atom. The van der Waals surface area contributed by atoms with Crippen molar-refractivity contribution in [2.75, 3.05) is 44.2 Å². The topological polar surface area (TPSA) is 37.4 Å². The minimum atomic E-state index is -2.80. The van der Waals surface area contributed by atoms with Gasteiger partial charge in [-0.3, -0.25) is 0 Å². The maximum atomic E-state index is 11.2. The third-order valence-corrected chi connectivity index (χ3v) is 5.04. The Hall–Kier alpha value is 0.260. The molecule has 90 valence electrons. The van der Waals surface area contributed by atoms with Gasteiger partial charge >= 0.3 is 0 Å². The summed E-state index contributed by atoms with van der Waals surface area (Å²) in [6.07, 6.45) is 3.53. The highest BCUT2D eigenvalue weighted by atomic mass is 32.2. The van der Waals surface area contributed by atoms with E-state index in [1.807, 2.05) is 11.8 Å². The molecule has 1 rings (SSSR count). The van der Waals surface area contributed by atoms with Crippen molar-refractivity contribution in [2.24, 2.45) is 5.41 Å². The maximum absolute atomic E-state index is 11.2. The number of hydrogen-bond acceptors (Lipinski definition) is 4. The van der Waals surface area contributed by atoms with Crippen molar-refractivity contribution in [3.8, 4) is 0 Å². The van der Waals surface area contributed by atoms with E-state index in [0.29, 0.717) is 5.75 Å². The van der Waals surface area contributed by atoms with E-state index in [4.69, 9.17) is 0 Å². The quantitative estimate of drug-likeness (QED) is 0.635. The number of sulfone groups is 1. The van der Waals surface area contributed by atoms with Gasteiger partial charge in [0, 0.05) is 18.6 Å². The van der Waals surface area contributed by atoms with E-state index in [-0.39, 0.29) is 5.41 Å². The third-order valence-electron chi connectivity index (χ3n) is 2.62. The van der Waals surface area contributed by atoms with Gasteiger partial charge in [-0.25, -0.2) is 8.42 Å². The molecule has 0 aromatic rings. The van der Waals surface area contributed by atoms with Gasteiger partial charge in [0.05, 0.1) is 5.75 Å². The average molecular weight is 251 g/mol. The first-order chi connectivity index (χ1) is 6.83. The lowest BCUT2D eigenvalue weighted by molar-refractivity contribution is 0.437. The van der Waals surface area contributed by atoms with Crippen LogP contribution >= 0.6 is 11.8 Å². The number of nitrogens with zero attached hydrogens (tertiary/aromatic N) is 1. The first kappa shape index (κ1) is 13.3. The Labute approximate surface area is 97.5 Å². The van der Waals surface area contributed by atoms with Gasteiger partial charge in [-0.1, -0.05) is 0 Å². The van der Waals surface area contributed by atoms with E-state index in [0.717, 1.165) is 30.9 Å². The molecule has 0 N–H and O–H groups in total. The first-order valence-electron chi connectivity index (χ1n) is 5.23. The van der Waals surface area contributed by atoms with E-state index in [1.165, 1.54) is 6.26 Å². The Kier molecular flexibility index (Phi) is 4.50. The molecule has 1 fully saturated rings. The zero-order valence-electron chi connectivity index (χ0n) is 9.82. The van der Waals surface area contributed by atoms with Gasteiger partial charge in [-0.2, -0.15) is 11.8 Å². The summed E-state index contributed by atoms with van der Waals surface area (Å²) in [4.78, 5) is 2.16. The Morgan fingerprint density at radius 3 is 2.33 bits per heavy atom. The standard InChI is InChI=1S/C10H21NO2S2/c1-11(2)6-7-14-8-10(4-5-10)9-15(3,12)13/h4-9H2,1-3H3. The van der Waals surface area contributed by atoms with Crippen LogP contribution < -0.4 is 0 Å². The molecule has 3 nitrogen and oxygen atoms in total. The highest BCUT2D eigenvalue weighted by molar-refractivity contribution is 7.99. The molecule has 1 saturated carbocycles. The van der Waals surface area contributed by atoms with Gasteiger partial charge in [-0.15, -0.1) is 0 Å². The van der Waals surface area contributed by atoms with Gasteiger partial charge in [0.1, 0.15) is 9.84 Å². The van der Waals surface area contributed by atoms with E-state index >= 15 is 0 Å². The minimum absolute atomic E-state index is 0.130. The number of rotatable bonds is 7. The normalized spacial score (nSPS) is 19.5. The van der Waals surface area contributed by atoms with Crippen LogP contribution in [0.25, 0.3) is 0 Å². The molecule has 15 heavy (non-hydrogen) atoms. The first-order valence-corrected chi connectivity index (χ1v) is 8.45. The SMILES string of the molecule is CN(C)CCSCC1(CS(C)(=O)=O)CC1. The lowest BCUT2D eigenvalue weighted by atomic mass is 10.2. The van der Waals surface area contributed by atoms with Crippen molar-refractivity contribution < 1.29 is 8.42 Å². The molecule has 1 aliphatic rings. The molecule has 0 aromatic heterocycles. The smallest absolute Gasteiger partial charge is 0.148 e. The monoisotopic (exact) mass is 251 g/mol. The molecule has 0 atom stereocenters. The van der Waals surface area contributed by atoms with Crippen LogP contribution in [0.2, 0.25) is 0 Å². The molecule has 0 saturated heterocycles. The summed E-state index contributed by atoms with van der Waals surface area (Å²) >= 11 is 1.89. The predicted molar refractivity (Wildman–Crippen MR) is 67.3 cm³/mol. The average Bonchev–Trinajstić information content (AvgIpc) is 2.76. The fraction of sp³-hybridized carbons (Fsp3) is 1.00. The molecule has 0 aromatic carbocycles. The second-order valence-corrected chi connectivity index (χ2v) is 8.17. The molecule has 5 heteroatoms. The van der Waals surface area contributed by atoms with Crippen molar-refractivity contribution in [1.82, 2.24) is 4.90 Å². The van der Waals surface area contributed by atoms with Crippen molar-refractivity contribution in [3.63, 3.8) is 0 Å². The van der Waals surface area contributed by atoms with Gasteiger partial charge in [0.15, 0.2) is 0 Å². The summed E-state index contributed by atoms with van der Waals surface area (Å²) in [7, 11) is 1.32. The predicted octanol–water partition coefficient (Wildman–Crippen LogP) is 1.11. The fourth-order valence-electron chi connectivity index (χ4n) is 1.60. The van der Waals surface area contributed by atoms with Crippen LogP contribution in [0.3, 0.4) is 0 Å². The van der Waals surface area contributed by atoms with Crippen LogP contribution in [0.5, 0.6) is 0 Å². The lowest BCUT2D eigenvalue weighted by Crippen LogP contribution is -2.20. The van der Waals surface area contributed by atoms with Crippen molar-refractivity contribution in [2.45, 2.75) is 12.8 Å². The molecule has 1 aliphatic carbocycles. The molecule has 0 heterocycles. The van der Waals surface area contributed by atoms with E-state index in [9.17, 15) is 8.42 Å². The van der Waals surface area contributed by atoms with E-state index < -0.39 is 9.84 Å². The van der Waals surface area contributed by atoms with E-state index in [2.05, 4.69) is 19.0 Å². The molecule has 0 unspecified atom stereocenters. The van der Waals surface area contributed by atoms with Crippen LogP contribution in [-0.2, 0) is 9.84 Å². The van der Waals surface area contributed by atoms with Crippen molar-refractivity contribution in [1.29, 1.82) is 0 Å². The summed E-state index contributed by atoms with van der Waals surface area (Å²) in [5.41, 5.74) is 0.130. The molecular formula is C10H21NO2S2. The highest BCUT2D eigenvalue weighted by Crippen LogP contribution is 2.48. The summed E-state index contributed by atoms with van der Waals surface area (Å²) in [5, 5.41) is 0. The van der Waals surface area contributed by atoms with Gasteiger partial charge < -0.3 is 4.90 Å². The largest absolute Gasteiger partial charge is 0.309 e. The highest BCUT2D eigenvalue weighted by Gasteiger charge is 2.44. The lowest BCUT2D eigenvalue weighted by Gasteiger charge is -2.14. The Balaban J connectivity index is 2.21. The maximum Gasteiger partial charge on any atom is 0.148 e. The van der Waals surface area contributed by atoms with Crippen LogP contribution in [0, 0.1) is 5.41 Å². The molecule has 0 amide bonds. The Morgan fingerprint density at radius 1 is 1.33 bits per heavy atom. The number of hydrogen-bond donors (Lipinski definition) is 0. The van der Waals surface area contributed by atoms with Gasteiger partial charge in [0.2, 0.25) is 0 Å². The second kappa shape index (κ2) is 5.06. The zero-order chi connectivity index (χ0) is 11.5. The summed E-state index contributed by atoms with van der Waals surface area (Å²) in [6, 6.07) is 0. The van der Waals surface area contributed by atoms with Crippen LogP contribution in [0.1, 0.15) is 12.8 Å². The molecule has 0 bridgehead atoms. The van der Waals surface area contributed by atoms with Crippen LogP contribution in [0.4, 0.5) is 0 Å². The summed E-state index contributed by atoms with van der Waals surface area (Å²) < 4.78 is 22.4. The minimum Gasteiger partial charge on any atom is -0.309 e. The van der Waals surface area contributed by atoms with Crippen molar-refractivity contribution in [3.05, 3.63) is 0 Å². The van der Waals surface area contributed by atoms with Gasteiger partial charge in [-0.05, 0) is 38.1 Å². The molecule has 0 aliphatic heterocycles. The van der Waals surface area contributed by atoms with E-state index in [1.54, 1.807) is 0 Å². The summed E-state index contributed by atoms with van der Waals surface area (Å²) in [5.74, 6) is 2.49. The molecule has 0 spiro atoms. The van der Waals surface area contributed by atoms with Gasteiger partial charge in [0.25, 0.3) is 0 Å². The molecular weight excluding hydrogens is 230 g/mol. The molecule has 0 radical (unpaired) electrons.